The fraction of sp³-hybridized carbons (Fsp3) is 0.353. The predicted molar refractivity (Wildman–Crippen MR) is 81.5 cm³/mol. The second kappa shape index (κ2) is 7.62. The van der Waals surface area contributed by atoms with E-state index in [1.165, 1.54) is 24.8 Å². The normalized spacial score (nSPS) is 14.0. The Morgan fingerprint density at radius 2 is 2.05 bits per heavy atom. The van der Waals surface area contributed by atoms with Crippen LogP contribution in [0, 0.1) is 5.82 Å². The van der Waals surface area contributed by atoms with Gasteiger partial charge in [0.05, 0.1) is 7.11 Å². The molecule has 112 valence electrons. The quantitative estimate of drug-likeness (QED) is 0.589. The highest BCUT2D eigenvalue weighted by molar-refractivity contribution is 5.69. The van der Waals surface area contributed by atoms with Crippen LogP contribution in [0.3, 0.4) is 0 Å². The van der Waals surface area contributed by atoms with Crippen molar-refractivity contribution in [1.82, 2.24) is 0 Å². The Hall–Kier alpha value is -2.10. The minimum absolute atomic E-state index is 0.152. The molecule has 1 heterocycles. The van der Waals surface area contributed by atoms with E-state index >= 15 is 0 Å². The molecule has 0 amide bonds. The smallest absolute Gasteiger partial charge is 0.305 e. The van der Waals surface area contributed by atoms with Crippen LogP contribution in [0.15, 0.2) is 48.2 Å². The van der Waals surface area contributed by atoms with Crippen LogP contribution in [0.25, 0.3) is 0 Å². The zero-order valence-corrected chi connectivity index (χ0v) is 12.2. The summed E-state index contributed by atoms with van der Waals surface area (Å²) < 4.78 is 17.6. The van der Waals surface area contributed by atoms with Crippen LogP contribution < -0.4 is 4.90 Å². The van der Waals surface area contributed by atoms with E-state index in [1.807, 2.05) is 12.3 Å². The third kappa shape index (κ3) is 4.74. The zero-order valence-electron chi connectivity index (χ0n) is 12.2. The zero-order chi connectivity index (χ0) is 15.1. The first-order valence-electron chi connectivity index (χ1n) is 7.14. The van der Waals surface area contributed by atoms with E-state index in [-0.39, 0.29) is 11.8 Å². The number of ether oxygens (including phenoxy) is 1. The van der Waals surface area contributed by atoms with Gasteiger partial charge in [-0.15, -0.1) is 0 Å². The summed E-state index contributed by atoms with van der Waals surface area (Å²) in [6.45, 7) is 0.806. The van der Waals surface area contributed by atoms with E-state index in [4.69, 9.17) is 0 Å². The fourth-order valence-corrected chi connectivity index (χ4v) is 2.30. The van der Waals surface area contributed by atoms with E-state index in [1.54, 1.807) is 12.1 Å². The maximum absolute atomic E-state index is 12.9. The number of methoxy groups -OCH3 is 1. The summed E-state index contributed by atoms with van der Waals surface area (Å²) in [4.78, 5) is 13.1. The van der Waals surface area contributed by atoms with Crippen molar-refractivity contribution in [3.05, 3.63) is 54.0 Å². The Morgan fingerprint density at radius 3 is 2.76 bits per heavy atom. The van der Waals surface area contributed by atoms with Crippen LogP contribution in [0.2, 0.25) is 0 Å². The van der Waals surface area contributed by atoms with Crippen LogP contribution >= 0.6 is 0 Å². The van der Waals surface area contributed by atoms with Crippen molar-refractivity contribution in [3.8, 4) is 0 Å². The van der Waals surface area contributed by atoms with Crippen molar-refractivity contribution in [3.63, 3.8) is 0 Å². The molecular weight excluding hydrogens is 269 g/mol. The minimum Gasteiger partial charge on any atom is -0.469 e. The van der Waals surface area contributed by atoms with Crippen molar-refractivity contribution in [2.75, 3.05) is 18.6 Å². The average molecular weight is 289 g/mol. The van der Waals surface area contributed by atoms with Gasteiger partial charge in [-0.3, -0.25) is 4.79 Å². The summed E-state index contributed by atoms with van der Waals surface area (Å²) in [7, 11) is 1.41. The molecule has 1 aliphatic rings. The third-order valence-corrected chi connectivity index (χ3v) is 3.49. The van der Waals surface area contributed by atoms with E-state index in [9.17, 15) is 9.18 Å². The van der Waals surface area contributed by atoms with Gasteiger partial charge in [0.15, 0.2) is 0 Å². The van der Waals surface area contributed by atoms with Crippen LogP contribution in [0.5, 0.6) is 0 Å². The van der Waals surface area contributed by atoms with E-state index < -0.39 is 0 Å². The maximum Gasteiger partial charge on any atom is 0.305 e. The minimum atomic E-state index is -0.224. The molecule has 0 saturated heterocycles. The number of unbranched alkanes of at least 4 members (excludes halogenated alkanes) is 1. The number of anilines is 1. The second-order valence-electron chi connectivity index (χ2n) is 5.05. The molecule has 21 heavy (non-hydrogen) atoms. The Kier molecular flexibility index (Phi) is 5.55. The molecule has 2 rings (SSSR count). The summed E-state index contributed by atoms with van der Waals surface area (Å²) in [5.74, 6) is -0.376. The molecule has 0 atom stereocenters. The summed E-state index contributed by atoms with van der Waals surface area (Å²) in [6, 6.07) is 6.49. The predicted octanol–water partition coefficient (Wildman–Crippen LogP) is 3.82. The molecule has 4 heteroatoms. The number of esters is 1. The van der Waals surface area contributed by atoms with Gasteiger partial charge in [0, 0.05) is 24.9 Å². The van der Waals surface area contributed by atoms with Crippen molar-refractivity contribution in [2.45, 2.75) is 25.7 Å². The lowest BCUT2D eigenvalue weighted by molar-refractivity contribution is -0.140. The number of hydrogen-bond acceptors (Lipinski definition) is 3. The molecule has 0 N–H and O–H groups in total. The Balaban J connectivity index is 1.81. The maximum atomic E-state index is 12.9. The fourth-order valence-electron chi connectivity index (χ4n) is 2.30. The number of benzene rings is 1. The van der Waals surface area contributed by atoms with Gasteiger partial charge in [0.1, 0.15) is 5.82 Å². The highest BCUT2D eigenvalue weighted by Gasteiger charge is 2.10. The topological polar surface area (TPSA) is 29.5 Å². The lowest BCUT2D eigenvalue weighted by Gasteiger charge is -2.25. The number of allylic oxidation sites excluding steroid dienone is 2. The number of hydrogen-bond donors (Lipinski definition) is 0. The average Bonchev–Trinajstić information content (AvgIpc) is 2.52. The molecule has 0 radical (unpaired) electrons. The van der Waals surface area contributed by atoms with Crippen molar-refractivity contribution in [1.29, 1.82) is 0 Å². The number of nitrogens with zero attached hydrogens (tertiary/aromatic N) is 1. The first-order chi connectivity index (χ1) is 10.2. The summed E-state index contributed by atoms with van der Waals surface area (Å²) in [6.07, 6.45) is 9.34. The largest absolute Gasteiger partial charge is 0.469 e. The first-order valence-corrected chi connectivity index (χ1v) is 7.14. The molecule has 0 fully saturated rings. The molecule has 0 spiro atoms. The van der Waals surface area contributed by atoms with Gasteiger partial charge in [-0.05, 0) is 49.6 Å². The van der Waals surface area contributed by atoms with Gasteiger partial charge in [0.25, 0.3) is 0 Å². The SMILES string of the molecule is COC(=O)CCCCC1=CC=CN(c2ccc(F)cc2)C1. The lowest BCUT2D eigenvalue weighted by Crippen LogP contribution is -2.21. The molecule has 0 aromatic heterocycles. The van der Waals surface area contributed by atoms with E-state index in [0.29, 0.717) is 6.42 Å². The molecule has 0 aliphatic carbocycles. The van der Waals surface area contributed by atoms with Crippen molar-refractivity contribution >= 4 is 11.7 Å². The van der Waals surface area contributed by atoms with Gasteiger partial charge in [0.2, 0.25) is 0 Å². The number of carbonyl (C=O) groups is 1. The van der Waals surface area contributed by atoms with Crippen molar-refractivity contribution in [2.24, 2.45) is 0 Å². The van der Waals surface area contributed by atoms with Gasteiger partial charge in [-0.25, -0.2) is 4.39 Å². The molecule has 1 aromatic carbocycles. The number of rotatable bonds is 6. The third-order valence-electron chi connectivity index (χ3n) is 3.49. The standard InChI is InChI=1S/C17H20FNO2/c1-21-17(20)7-3-2-5-14-6-4-12-19(13-14)16-10-8-15(18)9-11-16/h4,6,8-12H,2-3,5,7,13H2,1H3. The van der Waals surface area contributed by atoms with Crippen LogP contribution in [0.4, 0.5) is 10.1 Å². The molecule has 3 nitrogen and oxygen atoms in total. The molecule has 1 aromatic rings. The monoisotopic (exact) mass is 289 g/mol. The molecule has 0 bridgehead atoms. The van der Waals surface area contributed by atoms with Gasteiger partial charge in [-0.1, -0.05) is 11.6 Å². The summed E-state index contributed by atoms with van der Waals surface area (Å²) in [5.41, 5.74) is 2.29. The highest BCUT2D eigenvalue weighted by atomic mass is 19.1. The van der Waals surface area contributed by atoms with Crippen molar-refractivity contribution < 1.29 is 13.9 Å². The van der Waals surface area contributed by atoms with Gasteiger partial charge < -0.3 is 9.64 Å². The number of carbonyl (C=O) groups excluding carboxylic acids is 1. The Labute approximate surface area is 124 Å². The van der Waals surface area contributed by atoms with Gasteiger partial charge in [-0.2, -0.15) is 0 Å². The van der Waals surface area contributed by atoms with Crippen LogP contribution in [-0.2, 0) is 9.53 Å². The molecular formula is C17H20FNO2. The van der Waals surface area contributed by atoms with E-state index in [0.717, 1.165) is 31.5 Å². The van der Waals surface area contributed by atoms with Gasteiger partial charge >= 0.3 is 5.97 Å². The van der Waals surface area contributed by atoms with Crippen LogP contribution in [0.1, 0.15) is 25.7 Å². The lowest BCUT2D eigenvalue weighted by atomic mass is 10.0. The summed E-state index contributed by atoms with van der Waals surface area (Å²) >= 11 is 0. The second-order valence-corrected chi connectivity index (χ2v) is 5.05. The first kappa shape index (κ1) is 15.3. The molecule has 1 aliphatic heterocycles. The summed E-state index contributed by atoms with van der Waals surface area (Å²) in [5, 5.41) is 0. The molecule has 0 unspecified atom stereocenters. The molecule has 0 saturated carbocycles. The Bertz CT molecular complexity index is 534. The highest BCUT2D eigenvalue weighted by Crippen LogP contribution is 2.21. The number of halogens is 1. The Morgan fingerprint density at radius 1 is 1.29 bits per heavy atom. The van der Waals surface area contributed by atoms with Crippen LogP contribution in [-0.4, -0.2) is 19.6 Å². The van der Waals surface area contributed by atoms with E-state index in [2.05, 4.69) is 15.7 Å².